The molecular formula is C17H18O. The Morgan fingerprint density at radius 2 is 1.67 bits per heavy atom. The number of phenolic OH excluding ortho intramolecular Hbond substituents is 1. The smallest absolute Gasteiger partial charge is 0.115 e. The summed E-state index contributed by atoms with van der Waals surface area (Å²) < 4.78 is 0. The van der Waals surface area contributed by atoms with Gasteiger partial charge >= 0.3 is 0 Å². The Hall–Kier alpha value is -2.02. The number of aromatic hydroxyl groups is 1. The number of hydrogen-bond acceptors (Lipinski definition) is 1. The topological polar surface area (TPSA) is 20.2 Å². The molecule has 2 rings (SSSR count). The minimum atomic E-state index is 0.211. The van der Waals surface area contributed by atoms with E-state index in [2.05, 4.69) is 31.2 Å². The molecule has 0 amide bonds. The van der Waals surface area contributed by atoms with Gasteiger partial charge in [-0.25, -0.2) is 0 Å². The summed E-state index contributed by atoms with van der Waals surface area (Å²) >= 11 is 0. The molecule has 1 N–H and O–H groups in total. The summed E-state index contributed by atoms with van der Waals surface area (Å²) in [5.41, 5.74) is 3.65. The third-order valence-electron chi connectivity index (χ3n) is 3.25. The summed E-state index contributed by atoms with van der Waals surface area (Å²) in [5, 5.41) is 9.64. The zero-order valence-electron chi connectivity index (χ0n) is 10.8. The second-order valence-electron chi connectivity index (χ2n) is 4.47. The molecule has 0 aliphatic rings. The maximum atomic E-state index is 9.64. The summed E-state index contributed by atoms with van der Waals surface area (Å²) in [6.07, 6.45) is 2.13. The van der Waals surface area contributed by atoms with Gasteiger partial charge in [0.25, 0.3) is 0 Å². The van der Waals surface area contributed by atoms with E-state index < -0.39 is 0 Å². The molecule has 0 aliphatic heterocycles. The van der Waals surface area contributed by atoms with Crippen molar-refractivity contribution in [3.8, 4) is 5.75 Å². The van der Waals surface area contributed by atoms with E-state index in [9.17, 15) is 5.11 Å². The van der Waals surface area contributed by atoms with Crippen molar-refractivity contribution in [2.24, 2.45) is 0 Å². The summed E-state index contributed by atoms with van der Waals surface area (Å²) in [5.74, 6) is 0.528. The van der Waals surface area contributed by atoms with Crippen LogP contribution in [-0.4, -0.2) is 5.11 Å². The molecule has 0 radical (unpaired) electrons. The van der Waals surface area contributed by atoms with Crippen LogP contribution in [0.3, 0.4) is 0 Å². The maximum absolute atomic E-state index is 9.64. The summed E-state index contributed by atoms with van der Waals surface area (Å²) in [4.78, 5) is 0. The molecule has 0 bridgehead atoms. The summed E-state index contributed by atoms with van der Waals surface area (Å²) in [7, 11) is 0. The molecule has 0 spiro atoms. The lowest BCUT2D eigenvalue weighted by atomic mass is 9.85. The van der Waals surface area contributed by atoms with Gasteiger partial charge in [0.1, 0.15) is 5.75 Å². The number of hydrogen-bond donors (Lipinski definition) is 1. The fraction of sp³-hybridized carbons (Fsp3) is 0.176. The lowest BCUT2D eigenvalue weighted by Crippen LogP contribution is -2.02. The van der Waals surface area contributed by atoms with Crippen molar-refractivity contribution in [1.82, 2.24) is 0 Å². The van der Waals surface area contributed by atoms with Crippen molar-refractivity contribution in [2.75, 3.05) is 0 Å². The first kappa shape index (κ1) is 12.4. The van der Waals surface area contributed by atoms with Crippen molar-refractivity contribution in [1.29, 1.82) is 0 Å². The summed E-state index contributed by atoms with van der Waals surface area (Å²) in [6, 6.07) is 17.9. The van der Waals surface area contributed by atoms with Gasteiger partial charge in [-0.1, -0.05) is 54.1 Å². The SMILES string of the molecule is C/C=C(\C)C(c1ccccc1)c1cccc(O)c1. The van der Waals surface area contributed by atoms with Crippen LogP contribution in [-0.2, 0) is 0 Å². The molecule has 0 saturated heterocycles. The van der Waals surface area contributed by atoms with E-state index in [1.54, 1.807) is 6.07 Å². The molecule has 0 fully saturated rings. The highest BCUT2D eigenvalue weighted by Gasteiger charge is 2.15. The molecule has 2 aromatic carbocycles. The minimum absolute atomic E-state index is 0.211. The molecule has 1 nitrogen and oxygen atoms in total. The fourth-order valence-corrected chi connectivity index (χ4v) is 2.23. The number of phenols is 1. The van der Waals surface area contributed by atoms with Gasteiger partial charge in [-0.2, -0.15) is 0 Å². The van der Waals surface area contributed by atoms with E-state index in [1.807, 2.05) is 37.3 Å². The minimum Gasteiger partial charge on any atom is -0.508 e. The first-order valence-corrected chi connectivity index (χ1v) is 6.19. The normalized spacial score (nSPS) is 13.3. The number of allylic oxidation sites excluding steroid dienone is 2. The molecule has 1 unspecified atom stereocenters. The standard InChI is InChI=1S/C17H18O/c1-3-13(2)17(14-8-5-4-6-9-14)15-10-7-11-16(18)12-15/h3-12,17-18H,1-2H3/b13-3+. The molecule has 1 atom stereocenters. The van der Waals surface area contributed by atoms with Crippen LogP contribution in [0.25, 0.3) is 0 Å². The lowest BCUT2D eigenvalue weighted by molar-refractivity contribution is 0.474. The zero-order chi connectivity index (χ0) is 13.0. The van der Waals surface area contributed by atoms with Gasteiger partial charge in [0.05, 0.1) is 0 Å². The van der Waals surface area contributed by atoms with Crippen LogP contribution in [0.4, 0.5) is 0 Å². The molecule has 0 heterocycles. The van der Waals surface area contributed by atoms with Crippen LogP contribution in [0.5, 0.6) is 5.75 Å². The molecule has 0 aromatic heterocycles. The lowest BCUT2D eigenvalue weighted by Gasteiger charge is -2.19. The Balaban J connectivity index is 2.51. The second kappa shape index (κ2) is 5.54. The van der Waals surface area contributed by atoms with Gasteiger partial charge in [0, 0.05) is 5.92 Å². The molecule has 18 heavy (non-hydrogen) atoms. The van der Waals surface area contributed by atoms with Crippen molar-refractivity contribution in [2.45, 2.75) is 19.8 Å². The van der Waals surface area contributed by atoms with Gasteiger partial charge in [0.15, 0.2) is 0 Å². The zero-order valence-corrected chi connectivity index (χ0v) is 10.8. The van der Waals surface area contributed by atoms with E-state index in [4.69, 9.17) is 0 Å². The van der Waals surface area contributed by atoms with Crippen LogP contribution in [0.1, 0.15) is 30.9 Å². The molecule has 2 aromatic rings. The Kier molecular flexibility index (Phi) is 3.83. The van der Waals surface area contributed by atoms with Crippen LogP contribution in [0.2, 0.25) is 0 Å². The van der Waals surface area contributed by atoms with E-state index >= 15 is 0 Å². The molecule has 0 aliphatic carbocycles. The average Bonchev–Trinajstić information content (AvgIpc) is 2.40. The predicted molar refractivity (Wildman–Crippen MR) is 75.8 cm³/mol. The highest BCUT2D eigenvalue weighted by molar-refractivity contribution is 5.42. The Morgan fingerprint density at radius 1 is 1.00 bits per heavy atom. The molecule has 0 saturated carbocycles. The molecule has 92 valence electrons. The van der Waals surface area contributed by atoms with Gasteiger partial charge in [-0.15, -0.1) is 0 Å². The van der Waals surface area contributed by atoms with Crippen molar-refractivity contribution in [3.05, 3.63) is 77.4 Å². The Morgan fingerprint density at radius 3 is 2.28 bits per heavy atom. The maximum Gasteiger partial charge on any atom is 0.115 e. The Bertz CT molecular complexity index is 541. The van der Waals surface area contributed by atoms with Crippen molar-refractivity contribution < 1.29 is 5.11 Å². The fourth-order valence-electron chi connectivity index (χ4n) is 2.23. The van der Waals surface area contributed by atoms with Crippen LogP contribution < -0.4 is 0 Å². The monoisotopic (exact) mass is 238 g/mol. The van der Waals surface area contributed by atoms with Crippen molar-refractivity contribution >= 4 is 0 Å². The molecular weight excluding hydrogens is 220 g/mol. The van der Waals surface area contributed by atoms with Gasteiger partial charge in [0.2, 0.25) is 0 Å². The Labute approximate surface area is 108 Å². The number of benzene rings is 2. The van der Waals surface area contributed by atoms with Crippen LogP contribution >= 0.6 is 0 Å². The molecule has 1 heteroatoms. The van der Waals surface area contributed by atoms with Crippen LogP contribution in [0, 0.1) is 0 Å². The van der Waals surface area contributed by atoms with Crippen LogP contribution in [0.15, 0.2) is 66.2 Å². The first-order valence-electron chi connectivity index (χ1n) is 6.19. The van der Waals surface area contributed by atoms with Gasteiger partial charge in [-0.3, -0.25) is 0 Å². The van der Waals surface area contributed by atoms with Gasteiger partial charge in [-0.05, 0) is 37.1 Å². The predicted octanol–water partition coefficient (Wildman–Crippen LogP) is 4.49. The quantitative estimate of drug-likeness (QED) is 0.781. The third-order valence-corrected chi connectivity index (χ3v) is 3.25. The number of rotatable bonds is 3. The van der Waals surface area contributed by atoms with E-state index in [0.29, 0.717) is 5.75 Å². The van der Waals surface area contributed by atoms with E-state index in [-0.39, 0.29) is 5.92 Å². The first-order chi connectivity index (χ1) is 8.72. The summed E-state index contributed by atoms with van der Waals surface area (Å²) in [6.45, 7) is 4.18. The highest BCUT2D eigenvalue weighted by atomic mass is 16.3. The highest BCUT2D eigenvalue weighted by Crippen LogP contribution is 2.32. The van der Waals surface area contributed by atoms with Gasteiger partial charge < -0.3 is 5.11 Å². The third kappa shape index (κ3) is 2.62. The largest absolute Gasteiger partial charge is 0.508 e. The van der Waals surface area contributed by atoms with E-state index in [0.717, 1.165) is 5.56 Å². The van der Waals surface area contributed by atoms with E-state index in [1.165, 1.54) is 11.1 Å². The average molecular weight is 238 g/mol. The van der Waals surface area contributed by atoms with Crippen molar-refractivity contribution in [3.63, 3.8) is 0 Å². The second-order valence-corrected chi connectivity index (χ2v) is 4.47.